The van der Waals surface area contributed by atoms with Gasteiger partial charge in [-0.15, -0.1) is 0 Å². The lowest BCUT2D eigenvalue weighted by atomic mass is 9.87. The van der Waals surface area contributed by atoms with Crippen LogP contribution in [0.5, 0.6) is 0 Å². The van der Waals surface area contributed by atoms with E-state index in [0.717, 1.165) is 11.3 Å². The Morgan fingerprint density at radius 3 is 2.95 bits per heavy atom. The van der Waals surface area contributed by atoms with Crippen molar-refractivity contribution in [3.8, 4) is 0 Å². The Morgan fingerprint density at radius 1 is 1.45 bits per heavy atom. The smallest absolute Gasteiger partial charge is 0.266 e. The minimum Gasteiger partial charge on any atom is -0.366 e. The van der Waals surface area contributed by atoms with Gasteiger partial charge in [-0.1, -0.05) is 11.6 Å². The summed E-state index contributed by atoms with van der Waals surface area (Å²) in [4.78, 5) is 20.4. The van der Waals surface area contributed by atoms with Crippen LogP contribution in [0.25, 0.3) is 0 Å². The molecule has 7 nitrogen and oxygen atoms in total. The van der Waals surface area contributed by atoms with Crippen LogP contribution in [-0.2, 0) is 11.2 Å². The topological polar surface area (TPSA) is 117 Å². The standard InChI is InChI=1S/C14H13ClN6O/c15-9-1-2-10-8(5-9)6-14(20-10,13(22)21-17)12(16)11-7-18-3-4-19-11/h1-5,7,16,20H,6,17H2,(H,21,22). The van der Waals surface area contributed by atoms with Crippen LogP contribution in [0.15, 0.2) is 36.8 Å². The number of hydrogen-bond acceptors (Lipinski definition) is 6. The third-order valence-electron chi connectivity index (χ3n) is 3.64. The fourth-order valence-corrected chi connectivity index (χ4v) is 2.76. The van der Waals surface area contributed by atoms with Crippen molar-refractivity contribution in [2.45, 2.75) is 12.0 Å². The van der Waals surface area contributed by atoms with Crippen LogP contribution in [0, 0.1) is 5.41 Å². The molecule has 112 valence electrons. The minimum absolute atomic E-state index is 0.00382. The molecule has 0 aliphatic carbocycles. The summed E-state index contributed by atoms with van der Waals surface area (Å²) in [5, 5.41) is 12.1. The summed E-state index contributed by atoms with van der Waals surface area (Å²) in [6.07, 6.45) is 4.66. The van der Waals surface area contributed by atoms with E-state index in [1.165, 1.54) is 18.6 Å². The third kappa shape index (κ3) is 2.20. The van der Waals surface area contributed by atoms with Crippen molar-refractivity contribution in [3.05, 3.63) is 53.1 Å². The molecule has 1 atom stereocenters. The molecule has 1 aliphatic rings. The Balaban J connectivity index is 2.06. The maximum atomic E-state index is 12.4. The number of halogens is 1. The first-order valence-corrected chi connectivity index (χ1v) is 6.88. The molecule has 1 aliphatic heterocycles. The maximum Gasteiger partial charge on any atom is 0.266 e. The van der Waals surface area contributed by atoms with Gasteiger partial charge in [0.25, 0.3) is 5.91 Å². The van der Waals surface area contributed by atoms with Gasteiger partial charge in [-0.2, -0.15) is 0 Å². The van der Waals surface area contributed by atoms with E-state index in [2.05, 4.69) is 20.7 Å². The molecule has 22 heavy (non-hydrogen) atoms. The second kappa shape index (κ2) is 5.36. The number of aromatic nitrogens is 2. The molecule has 8 heteroatoms. The lowest BCUT2D eigenvalue weighted by Gasteiger charge is -2.28. The fraction of sp³-hybridized carbons (Fsp3) is 0.143. The quantitative estimate of drug-likeness (QED) is 0.290. The van der Waals surface area contributed by atoms with Gasteiger partial charge in [0.2, 0.25) is 0 Å². The second-order valence-electron chi connectivity index (χ2n) is 4.95. The summed E-state index contributed by atoms with van der Waals surface area (Å²) in [5.41, 5.74) is 2.66. The van der Waals surface area contributed by atoms with E-state index >= 15 is 0 Å². The van der Waals surface area contributed by atoms with Gasteiger partial charge < -0.3 is 5.32 Å². The van der Waals surface area contributed by atoms with Crippen LogP contribution in [0.3, 0.4) is 0 Å². The number of fused-ring (bicyclic) bond motifs is 1. The molecule has 1 unspecified atom stereocenters. The molecule has 5 N–H and O–H groups in total. The summed E-state index contributed by atoms with van der Waals surface area (Å²) in [5.74, 6) is 4.80. The monoisotopic (exact) mass is 316 g/mol. The Labute approximate surface area is 131 Å². The normalized spacial score (nSPS) is 19.2. The Hall–Kier alpha value is -2.51. The molecule has 1 aromatic carbocycles. The lowest BCUT2D eigenvalue weighted by Crippen LogP contribution is -2.59. The first-order chi connectivity index (χ1) is 10.6. The second-order valence-corrected chi connectivity index (χ2v) is 5.38. The number of nitrogens with one attached hydrogen (secondary N) is 3. The van der Waals surface area contributed by atoms with Crippen LogP contribution < -0.4 is 16.6 Å². The first kappa shape index (κ1) is 14.4. The number of rotatable bonds is 3. The predicted molar refractivity (Wildman–Crippen MR) is 82.7 cm³/mol. The molecule has 0 bridgehead atoms. The largest absolute Gasteiger partial charge is 0.366 e. The number of anilines is 1. The molecule has 2 aromatic rings. The van der Waals surface area contributed by atoms with E-state index in [-0.39, 0.29) is 12.1 Å². The van der Waals surface area contributed by atoms with Gasteiger partial charge in [0.1, 0.15) is 5.69 Å². The summed E-state index contributed by atoms with van der Waals surface area (Å²) in [6, 6.07) is 5.25. The van der Waals surface area contributed by atoms with Gasteiger partial charge in [-0.3, -0.25) is 25.6 Å². The number of benzene rings is 1. The van der Waals surface area contributed by atoms with E-state index in [1.54, 1.807) is 18.2 Å². The van der Waals surface area contributed by atoms with Crippen LogP contribution in [0.2, 0.25) is 5.02 Å². The highest BCUT2D eigenvalue weighted by Gasteiger charge is 2.48. The Bertz CT molecular complexity index is 750. The first-order valence-electron chi connectivity index (χ1n) is 6.50. The van der Waals surface area contributed by atoms with Gasteiger partial charge in [0.05, 0.1) is 11.9 Å². The van der Waals surface area contributed by atoms with Gasteiger partial charge in [0.15, 0.2) is 5.54 Å². The number of nitrogens with zero attached hydrogens (tertiary/aromatic N) is 2. The number of amides is 1. The molecule has 3 rings (SSSR count). The van der Waals surface area contributed by atoms with Gasteiger partial charge in [0, 0.05) is 29.5 Å². The number of nitrogens with two attached hydrogens (primary N) is 1. The average Bonchev–Trinajstić information content (AvgIpc) is 2.94. The van der Waals surface area contributed by atoms with Crippen LogP contribution in [-0.4, -0.2) is 27.1 Å². The summed E-state index contributed by atoms with van der Waals surface area (Å²) in [6.45, 7) is 0. The highest BCUT2D eigenvalue weighted by atomic mass is 35.5. The van der Waals surface area contributed by atoms with Crippen LogP contribution >= 0.6 is 11.6 Å². The molecule has 0 radical (unpaired) electrons. The molecule has 1 aromatic heterocycles. The highest BCUT2D eigenvalue weighted by molar-refractivity contribution is 6.31. The zero-order chi connectivity index (χ0) is 15.7. The van der Waals surface area contributed by atoms with Gasteiger partial charge in [-0.05, 0) is 23.8 Å². The van der Waals surface area contributed by atoms with E-state index in [4.69, 9.17) is 22.9 Å². The number of hydrogen-bond donors (Lipinski definition) is 4. The molecule has 0 fully saturated rings. The van der Waals surface area contributed by atoms with Gasteiger partial charge in [-0.25, -0.2) is 5.84 Å². The van der Waals surface area contributed by atoms with Crippen molar-refractivity contribution in [2.75, 3.05) is 5.32 Å². The molecule has 0 saturated carbocycles. The van der Waals surface area contributed by atoms with Crippen molar-refractivity contribution in [3.63, 3.8) is 0 Å². The molecule has 0 saturated heterocycles. The Kier molecular flexibility index (Phi) is 3.51. The van der Waals surface area contributed by atoms with Crippen molar-refractivity contribution < 1.29 is 4.79 Å². The lowest BCUT2D eigenvalue weighted by molar-refractivity contribution is -0.123. The Morgan fingerprint density at radius 2 is 2.27 bits per heavy atom. The summed E-state index contributed by atoms with van der Waals surface area (Å²) >= 11 is 6.00. The molecule has 1 amide bonds. The third-order valence-corrected chi connectivity index (χ3v) is 3.87. The zero-order valence-corrected chi connectivity index (χ0v) is 12.2. The van der Waals surface area contributed by atoms with E-state index in [1.807, 2.05) is 0 Å². The molecular weight excluding hydrogens is 304 g/mol. The van der Waals surface area contributed by atoms with Crippen molar-refractivity contribution in [2.24, 2.45) is 5.84 Å². The summed E-state index contributed by atoms with van der Waals surface area (Å²) < 4.78 is 0. The number of carbonyl (C=O) groups is 1. The van der Waals surface area contributed by atoms with Crippen molar-refractivity contribution in [1.29, 1.82) is 5.41 Å². The minimum atomic E-state index is -1.34. The highest BCUT2D eigenvalue weighted by Crippen LogP contribution is 2.36. The maximum absolute atomic E-state index is 12.4. The summed E-state index contributed by atoms with van der Waals surface area (Å²) in [7, 11) is 0. The van der Waals surface area contributed by atoms with E-state index in [9.17, 15) is 4.79 Å². The zero-order valence-electron chi connectivity index (χ0n) is 11.4. The fourth-order valence-electron chi connectivity index (χ4n) is 2.56. The van der Waals surface area contributed by atoms with Crippen LogP contribution in [0.1, 0.15) is 11.3 Å². The molecule has 0 spiro atoms. The van der Waals surface area contributed by atoms with Crippen molar-refractivity contribution >= 4 is 28.9 Å². The van der Waals surface area contributed by atoms with Gasteiger partial charge >= 0.3 is 0 Å². The molecule has 2 heterocycles. The van der Waals surface area contributed by atoms with Crippen LogP contribution in [0.4, 0.5) is 5.69 Å². The molecular formula is C14H13ClN6O. The van der Waals surface area contributed by atoms with E-state index in [0.29, 0.717) is 10.7 Å². The SMILES string of the molecule is N=C(c1cnccn1)C1(C(=O)NN)Cc2cc(Cl)ccc2N1. The number of hydrazine groups is 1. The predicted octanol–water partition coefficient (Wildman–Crippen LogP) is 0.895. The number of carbonyl (C=O) groups excluding carboxylic acids is 1. The van der Waals surface area contributed by atoms with E-state index < -0.39 is 11.4 Å². The average molecular weight is 317 g/mol. The van der Waals surface area contributed by atoms with Crippen molar-refractivity contribution in [1.82, 2.24) is 15.4 Å².